The molecule has 0 unspecified atom stereocenters. The molecule has 5 nitrogen and oxygen atoms in total. The number of carbonyl (C=O) groups excluding carboxylic acids is 1. The zero-order chi connectivity index (χ0) is 19.9. The van der Waals surface area contributed by atoms with Crippen molar-refractivity contribution in [1.29, 1.82) is 0 Å². The van der Waals surface area contributed by atoms with Crippen molar-refractivity contribution in [2.45, 2.75) is 18.6 Å². The van der Waals surface area contributed by atoms with E-state index in [-0.39, 0.29) is 17.5 Å². The molecule has 1 aromatic heterocycles. The number of thioether (sulfide) groups is 1. The molecule has 3 rings (SSSR count). The van der Waals surface area contributed by atoms with Crippen LogP contribution in [0.3, 0.4) is 0 Å². The van der Waals surface area contributed by atoms with Crippen LogP contribution in [-0.4, -0.2) is 33.0 Å². The third kappa shape index (κ3) is 4.31. The highest BCUT2D eigenvalue weighted by Crippen LogP contribution is 2.26. The van der Waals surface area contributed by atoms with E-state index in [0.717, 1.165) is 5.69 Å². The highest BCUT2D eigenvalue weighted by Gasteiger charge is 2.19. The van der Waals surface area contributed by atoms with Crippen LogP contribution in [0.25, 0.3) is 11.4 Å². The van der Waals surface area contributed by atoms with Crippen LogP contribution in [0.4, 0.5) is 10.1 Å². The lowest BCUT2D eigenvalue weighted by molar-refractivity contribution is -0.116. The van der Waals surface area contributed by atoms with Gasteiger partial charge in [-0.3, -0.25) is 9.36 Å². The number of halogens is 1. The van der Waals surface area contributed by atoms with Gasteiger partial charge in [-0.1, -0.05) is 48.2 Å². The lowest BCUT2D eigenvalue weighted by Crippen LogP contribution is -2.32. The first-order valence-electron chi connectivity index (χ1n) is 8.93. The van der Waals surface area contributed by atoms with Gasteiger partial charge in [0.05, 0.1) is 11.3 Å². The number of hydrogen-bond acceptors (Lipinski definition) is 4. The highest BCUT2D eigenvalue weighted by molar-refractivity contribution is 7.99. The lowest BCUT2D eigenvalue weighted by atomic mass is 10.2. The molecule has 28 heavy (non-hydrogen) atoms. The fraction of sp³-hybridized carbons (Fsp3) is 0.190. The maximum absolute atomic E-state index is 14.2. The number of anilines is 1. The monoisotopic (exact) mass is 396 g/mol. The molecule has 2 aromatic carbocycles. The minimum atomic E-state index is -0.367. The summed E-state index contributed by atoms with van der Waals surface area (Å²) in [5.74, 6) is 0.228. The van der Waals surface area contributed by atoms with Gasteiger partial charge in [0, 0.05) is 18.8 Å². The predicted octanol–water partition coefficient (Wildman–Crippen LogP) is 4.42. The van der Waals surface area contributed by atoms with Crippen molar-refractivity contribution in [3.8, 4) is 11.4 Å². The van der Waals surface area contributed by atoms with E-state index in [9.17, 15) is 9.18 Å². The Morgan fingerprint density at radius 1 is 1.18 bits per heavy atom. The summed E-state index contributed by atoms with van der Waals surface area (Å²) in [4.78, 5) is 14.4. The summed E-state index contributed by atoms with van der Waals surface area (Å²) in [7, 11) is 0. The first-order valence-corrected chi connectivity index (χ1v) is 9.91. The van der Waals surface area contributed by atoms with Crippen LogP contribution in [0.1, 0.15) is 6.92 Å². The minimum Gasteiger partial charge on any atom is -0.312 e. The van der Waals surface area contributed by atoms with Crippen LogP contribution in [0.2, 0.25) is 0 Å². The van der Waals surface area contributed by atoms with Crippen molar-refractivity contribution < 1.29 is 9.18 Å². The van der Waals surface area contributed by atoms with Gasteiger partial charge in [-0.25, -0.2) is 4.39 Å². The predicted molar refractivity (Wildman–Crippen MR) is 111 cm³/mol. The fourth-order valence-corrected chi connectivity index (χ4v) is 3.67. The molecule has 0 N–H and O–H groups in total. The highest BCUT2D eigenvalue weighted by atomic mass is 32.2. The van der Waals surface area contributed by atoms with E-state index in [1.54, 1.807) is 33.7 Å². The van der Waals surface area contributed by atoms with Gasteiger partial charge in [0.2, 0.25) is 5.91 Å². The Balaban J connectivity index is 1.80. The number of nitrogens with zero attached hydrogens (tertiary/aromatic N) is 4. The van der Waals surface area contributed by atoms with Crippen molar-refractivity contribution in [2.75, 3.05) is 17.2 Å². The summed E-state index contributed by atoms with van der Waals surface area (Å²) in [5, 5.41) is 8.87. The Bertz CT molecular complexity index is 958. The van der Waals surface area contributed by atoms with Crippen LogP contribution in [-0.2, 0) is 11.3 Å². The van der Waals surface area contributed by atoms with Crippen molar-refractivity contribution in [1.82, 2.24) is 14.8 Å². The molecule has 0 saturated carbocycles. The molecule has 0 fully saturated rings. The first kappa shape index (κ1) is 19.8. The third-order valence-electron chi connectivity index (χ3n) is 4.15. The van der Waals surface area contributed by atoms with E-state index in [4.69, 9.17) is 0 Å². The normalized spacial score (nSPS) is 10.6. The molecule has 1 heterocycles. The number of aromatic nitrogens is 3. The van der Waals surface area contributed by atoms with Crippen molar-refractivity contribution in [3.05, 3.63) is 73.1 Å². The zero-order valence-electron chi connectivity index (χ0n) is 15.6. The van der Waals surface area contributed by atoms with Gasteiger partial charge in [-0.2, -0.15) is 0 Å². The molecule has 1 amide bonds. The van der Waals surface area contributed by atoms with Crippen LogP contribution >= 0.6 is 11.8 Å². The van der Waals surface area contributed by atoms with Gasteiger partial charge in [-0.15, -0.1) is 16.8 Å². The second-order valence-electron chi connectivity index (χ2n) is 5.95. The molecule has 0 aliphatic carbocycles. The van der Waals surface area contributed by atoms with E-state index >= 15 is 0 Å². The summed E-state index contributed by atoms with van der Waals surface area (Å²) >= 11 is 1.28. The van der Waals surface area contributed by atoms with Crippen molar-refractivity contribution >= 4 is 23.4 Å². The SMILES string of the molecule is C=CCn1c(SCC(=O)N(CC)c2ccccc2)nnc1-c1ccccc1F. The second kappa shape index (κ2) is 9.32. The molecular formula is C21H21FN4OS. The first-order chi connectivity index (χ1) is 13.7. The number of para-hydroxylation sites is 1. The average Bonchev–Trinajstić information content (AvgIpc) is 3.11. The standard InChI is InChI=1S/C21H21FN4OS/c1-3-14-26-20(17-12-8-9-13-18(17)22)23-24-21(26)28-15-19(27)25(4-2)16-10-6-5-7-11-16/h3,5-13H,1,4,14-15H2,2H3. The number of allylic oxidation sites excluding steroid dienone is 1. The number of amides is 1. The van der Waals surface area contributed by atoms with E-state index < -0.39 is 0 Å². The molecule has 0 bridgehead atoms. The summed E-state index contributed by atoms with van der Waals surface area (Å²) in [5.41, 5.74) is 1.23. The second-order valence-corrected chi connectivity index (χ2v) is 6.89. The molecule has 0 radical (unpaired) electrons. The molecule has 0 spiro atoms. The molecule has 3 aromatic rings. The van der Waals surface area contributed by atoms with E-state index in [1.165, 1.54) is 17.8 Å². The Hall–Kier alpha value is -2.93. The van der Waals surface area contributed by atoms with Gasteiger partial charge >= 0.3 is 0 Å². The zero-order valence-corrected chi connectivity index (χ0v) is 16.4. The number of rotatable bonds is 8. The number of benzene rings is 2. The van der Waals surface area contributed by atoms with Crippen molar-refractivity contribution in [2.24, 2.45) is 0 Å². The topological polar surface area (TPSA) is 51.0 Å². The van der Waals surface area contributed by atoms with Gasteiger partial charge in [-0.05, 0) is 31.2 Å². The van der Waals surface area contributed by atoms with E-state index in [0.29, 0.717) is 29.6 Å². The smallest absolute Gasteiger partial charge is 0.237 e. The summed E-state index contributed by atoms with van der Waals surface area (Å²) < 4.78 is 15.9. The number of hydrogen-bond donors (Lipinski definition) is 0. The van der Waals surface area contributed by atoms with Gasteiger partial charge in [0.25, 0.3) is 0 Å². The van der Waals surface area contributed by atoms with Gasteiger partial charge < -0.3 is 4.90 Å². The average molecular weight is 396 g/mol. The van der Waals surface area contributed by atoms with Crippen molar-refractivity contribution in [3.63, 3.8) is 0 Å². The Kier molecular flexibility index (Phi) is 6.60. The lowest BCUT2D eigenvalue weighted by Gasteiger charge is -2.20. The third-order valence-corrected chi connectivity index (χ3v) is 5.10. The van der Waals surface area contributed by atoms with E-state index in [2.05, 4.69) is 16.8 Å². The Morgan fingerprint density at radius 3 is 2.57 bits per heavy atom. The fourth-order valence-electron chi connectivity index (χ4n) is 2.85. The number of carbonyl (C=O) groups is 1. The summed E-state index contributed by atoms with van der Waals surface area (Å²) in [6, 6.07) is 16.0. The molecule has 7 heteroatoms. The maximum atomic E-state index is 14.2. The molecule has 0 aliphatic rings. The maximum Gasteiger partial charge on any atom is 0.237 e. The quantitative estimate of drug-likeness (QED) is 0.418. The van der Waals surface area contributed by atoms with Crippen LogP contribution in [0.5, 0.6) is 0 Å². The minimum absolute atomic E-state index is 0.0284. The molecule has 0 atom stereocenters. The van der Waals surface area contributed by atoms with Gasteiger partial charge in [0.1, 0.15) is 5.82 Å². The van der Waals surface area contributed by atoms with Crippen LogP contribution in [0, 0.1) is 5.82 Å². The Labute approximate surface area is 167 Å². The Morgan fingerprint density at radius 2 is 1.89 bits per heavy atom. The molecule has 144 valence electrons. The summed E-state index contributed by atoms with van der Waals surface area (Å²) in [6.45, 7) is 6.68. The molecule has 0 saturated heterocycles. The van der Waals surface area contributed by atoms with Crippen LogP contribution < -0.4 is 4.90 Å². The summed E-state index contributed by atoms with van der Waals surface area (Å²) in [6.07, 6.45) is 1.70. The molecular weight excluding hydrogens is 375 g/mol. The van der Waals surface area contributed by atoms with Crippen LogP contribution in [0.15, 0.2) is 72.4 Å². The largest absolute Gasteiger partial charge is 0.312 e. The van der Waals surface area contributed by atoms with Gasteiger partial charge in [0.15, 0.2) is 11.0 Å². The van der Waals surface area contributed by atoms with E-state index in [1.807, 2.05) is 37.3 Å². The molecule has 0 aliphatic heterocycles.